The summed E-state index contributed by atoms with van der Waals surface area (Å²) in [6, 6.07) is 18.6. The minimum absolute atomic E-state index is 0.732. The molecule has 2 aromatic carbocycles. The zero-order valence-electron chi connectivity index (χ0n) is 11.0. The molecule has 0 saturated carbocycles. The van der Waals surface area contributed by atoms with Gasteiger partial charge in [0.05, 0.1) is 0 Å². The summed E-state index contributed by atoms with van der Waals surface area (Å²) < 4.78 is 0. The zero-order valence-corrected chi connectivity index (χ0v) is 11.0. The predicted octanol–water partition coefficient (Wildman–Crippen LogP) is 4.45. The third kappa shape index (κ3) is 2.50. The maximum atomic E-state index is 4.34. The van der Waals surface area contributed by atoms with Gasteiger partial charge in [-0.25, -0.2) is 9.97 Å². The zero-order chi connectivity index (χ0) is 13.8. The van der Waals surface area contributed by atoms with Crippen molar-refractivity contribution in [2.24, 2.45) is 0 Å². The van der Waals surface area contributed by atoms with Gasteiger partial charge in [-0.15, -0.1) is 0 Å². The Hall–Kier alpha value is -2.74. The van der Waals surface area contributed by atoms with Crippen LogP contribution in [0.5, 0.6) is 0 Å². The van der Waals surface area contributed by atoms with Crippen molar-refractivity contribution >= 4 is 6.08 Å². The monoisotopic (exact) mass is 258 g/mol. The van der Waals surface area contributed by atoms with Crippen molar-refractivity contribution in [3.8, 4) is 22.5 Å². The van der Waals surface area contributed by atoms with Crippen molar-refractivity contribution < 1.29 is 0 Å². The lowest BCUT2D eigenvalue weighted by Gasteiger charge is -2.04. The third-order valence-corrected chi connectivity index (χ3v) is 3.16. The molecule has 0 bridgehead atoms. The second-order valence-electron chi connectivity index (χ2n) is 4.49. The van der Waals surface area contributed by atoms with Gasteiger partial charge in [0, 0.05) is 23.5 Å². The lowest BCUT2D eigenvalue weighted by molar-refractivity contribution is 1.17. The quantitative estimate of drug-likeness (QED) is 0.693. The second kappa shape index (κ2) is 5.49. The number of hydrogen-bond donors (Lipinski definition) is 0. The lowest BCUT2D eigenvalue weighted by Crippen LogP contribution is -1.89. The molecule has 0 fully saturated rings. The molecule has 3 aromatic rings. The molecule has 2 nitrogen and oxygen atoms in total. The molecular formula is C18H14N2. The molecule has 0 aliphatic carbocycles. The van der Waals surface area contributed by atoms with E-state index in [2.05, 4.69) is 40.8 Å². The fourth-order valence-corrected chi connectivity index (χ4v) is 2.03. The fraction of sp³-hybridized carbons (Fsp3) is 0. The number of rotatable bonds is 3. The van der Waals surface area contributed by atoms with Crippen LogP contribution in [-0.4, -0.2) is 9.97 Å². The van der Waals surface area contributed by atoms with Crippen LogP contribution < -0.4 is 0 Å². The number of benzene rings is 2. The lowest BCUT2D eigenvalue weighted by atomic mass is 10.0. The highest BCUT2D eigenvalue weighted by Crippen LogP contribution is 2.22. The molecule has 2 heteroatoms. The van der Waals surface area contributed by atoms with Gasteiger partial charge in [-0.2, -0.15) is 0 Å². The minimum atomic E-state index is 0.732. The van der Waals surface area contributed by atoms with E-state index in [4.69, 9.17) is 0 Å². The summed E-state index contributed by atoms with van der Waals surface area (Å²) in [6.45, 7) is 3.70. The number of aromatic nitrogens is 2. The van der Waals surface area contributed by atoms with Crippen molar-refractivity contribution in [1.82, 2.24) is 9.97 Å². The molecule has 0 aliphatic rings. The standard InChI is InChI=1S/C18H14N2/c1-2-14-12-19-18(20-13-14)17-10-8-16(9-11-17)15-6-4-3-5-7-15/h2-13H,1H2. The molecule has 1 aromatic heterocycles. The van der Waals surface area contributed by atoms with Crippen molar-refractivity contribution in [2.45, 2.75) is 0 Å². The molecule has 20 heavy (non-hydrogen) atoms. The van der Waals surface area contributed by atoms with E-state index in [1.165, 1.54) is 11.1 Å². The highest BCUT2D eigenvalue weighted by Gasteiger charge is 2.02. The van der Waals surface area contributed by atoms with E-state index in [1.54, 1.807) is 18.5 Å². The molecule has 0 spiro atoms. The molecule has 1 heterocycles. The van der Waals surface area contributed by atoms with E-state index < -0.39 is 0 Å². The summed E-state index contributed by atoms with van der Waals surface area (Å²) in [6.07, 6.45) is 5.29. The summed E-state index contributed by atoms with van der Waals surface area (Å²) in [4.78, 5) is 8.68. The molecule has 3 rings (SSSR count). The van der Waals surface area contributed by atoms with Gasteiger partial charge in [-0.3, -0.25) is 0 Å². The molecule has 0 atom stereocenters. The Kier molecular flexibility index (Phi) is 3.38. The Morgan fingerprint density at radius 1 is 0.700 bits per heavy atom. The SMILES string of the molecule is C=Cc1cnc(-c2ccc(-c3ccccc3)cc2)nc1. The van der Waals surface area contributed by atoms with Gasteiger partial charge < -0.3 is 0 Å². The van der Waals surface area contributed by atoms with Gasteiger partial charge in [0.25, 0.3) is 0 Å². The highest BCUT2D eigenvalue weighted by molar-refractivity contribution is 5.67. The Bertz CT molecular complexity index is 699. The van der Waals surface area contributed by atoms with Crippen LogP contribution in [0, 0.1) is 0 Å². The fourth-order valence-electron chi connectivity index (χ4n) is 2.03. The molecule has 96 valence electrons. The summed E-state index contributed by atoms with van der Waals surface area (Å²) in [5, 5.41) is 0. The Balaban J connectivity index is 1.91. The topological polar surface area (TPSA) is 25.8 Å². The highest BCUT2D eigenvalue weighted by atomic mass is 14.9. The summed E-state index contributed by atoms with van der Waals surface area (Å²) in [5.41, 5.74) is 4.34. The number of nitrogens with zero attached hydrogens (tertiary/aromatic N) is 2. The first-order valence-corrected chi connectivity index (χ1v) is 6.47. The van der Waals surface area contributed by atoms with E-state index in [-0.39, 0.29) is 0 Å². The molecule has 0 saturated heterocycles. The molecular weight excluding hydrogens is 244 g/mol. The van der Waals surface area contributed by atoms with Gasteiger partial charge in [0.1, 0.15) is 0 Å². The summed E-state index contributed by atoms with van der Waals surface area (Å²) >= 11 is 0. The molecule has 0 unspecified atom stereocenters. The van der Waals surface area contributed by atoms with E-state index >= 15 is 0 Å². The van der Waals surface area contributed by atoms with Gasteiger partial charge in [0.2, 0.25) is 0 Å². The predicted molar refractivity (Wildman–Crippen MR) is 83.0 cm³/mol. The average Bonchev–Trinajstić information content (AvgIpc) is 2.56. The molecule has 0 N–H and O–H groups in total. The normalized spacial score (nSPS) is 10.2. The second-order valence-corrected chi connectivity index (χ2v) is 4.49. The van der Waals surface area contributed by atoms with Gasteiger partial charge in [0.15, 0.2) is 5.82 Å². The van der Waals surface area contributed by atoms with Crippen LogP contribution >= 0.6 is 0 Å². The van der Waals surface area contributed by atoms with Crippen molar-refractivity contribution in [3.63, 3.8) is 0 Å². The van der Waals surface area contributed by atoms with Crippen LogP contribution in [0.2, 0.25) is 0 Å². The molecule has 0 aliphatic heterocycles. The van der Waals surface area contributed by atoms with Crippen LogP contribution in [0.25, 0.3) is 28.6 Å². The maximum absolute atomic E-state index is 4.34. The summed E-state index contributed by atoms with van der Waals surface area (Å²) in [7, 11) is 0. The Morgan fingerprint density at radius 2 is 1.25 bits per heavy atom. The molecule has 0 radical (unpaired) electrons. The average molecular weight is 258 g/mol. The first kappa shape index (κ1) is 12.3. The van der Waals surface area contributed by atoms with Gasteiger partial charge >= 0.3 is 0 Å². The minimum Gasteiger partial charge on any atom is -0.236 e. The van der Waals surface area contributed by atoms with Crippen molar-refractivity contribution in [3.05, 3.63) is 79.1 Å². The van der Waals surface area contributed by atoms with E-state index in [1.807, 2.05) is 30.3 Å². The van der Waals surface area contributed by atoms with E-state index in [0.29, 0.717) is 0 Å². The summed E-state index contributed by atoms with van der Waals surface area (Å²) in [5.74, 6) is 0.732. The largest absolute Gasteiger partial charge is 0.236 e. The van der Waals surface area contributed by atoms with Crippen LogP contribution in [0.15, 0.2) is 73.6 Å². The molecule has 0 amide bonds. The third-order valence-electron chi connectivity index (χ3n) is 3.16. The van der Waals surface area contributed by atoms with Crippen molar-refractivity contribution in [1.29, 1.82) is 0 Å². The van der Waals surface area contributed by atoms with Gasteiger partial charge in [-0.1, -0.05) is 67.3 Å². The van der Waals surface area contributed by atoms with Gasteiger partial charge in [-0.05, 0) is 11.1 Å². The first-order chi connectivity index (χ1) is 9.86. The number of hydrogen-bond acceptors (Lipinski definition) is 2. The maximum Gasteiger partial charge on any atom is 0.159 e. The van der Waals surface area contributed by atoms with Crippen LogP contribution in [0.1, 0.15) is 5.56 Å². The van der Waals surface area contributed by atoms with Crippen molar-refractivity contribution in [2.75, 3.05) is 0 Å². The van der Waals surface area contributed by atoms with E-state index in [9.17, 15) is 0 Å². The van der Waals surface area contributed by atoms with Crippen LogP contribution in [-0.2, 0) is 0 Å². The van der Waals surface area contributed by atoms with Crippen LogP contribution in [0.3, 0.4) is 0 Å². The Labute approximate surface area is 118 Å². The Morgan fingerprint density at radius 3 is 1.85 bits per heavy atom. The van der Waals surface area contributed by atoms with Crippen LogP contribution in [0.4, 0.5) is 0 Å². The van der Waals surface area contributed by atoms with E-state index in [0.717, 1.165) is 17.0 Å². The smallest absolute Gasteiger partial charge is 0.159 e. The first-order valence-electron chi connectivity index (χ1n) is 6.47.